The van der Waals surface area contributed by atoms with Gasteiger partial charge in [-0.25, -0.2) is 13.1 Å². The number of para-hydroxylation sites is 1. The number of ether oxygens (including phenoxy) is 1. The van der Waals surface area contributed by atoms with Gasteiger partial charge in [-0.15, -0.1) is 0 Å². The number of nitrogens with one attached hydrogen (secondary N) is 2. The number of amides is 1. The van der Waals surface area contributed by atoms with E-state index in [9.17, 15) is 13.2 Å². The summed E-state index contributed by atoms with van der Waals surface area (Å²) in [6.07, 6.45) is 0. The zero-order valence-electron chi connectivity index (χ0n) is 11.3. The monoisotopic (exact) mass is 301 g/mol. The van der Waals surface area contributed by atoms with Crippen molar-refractivity contribution in [2.75, 3.05) is 26.0 Å². The number of hydrogen-bond acceptors (Lipinski definition) is 5. The number of carbonyl (C=O) groups excluding carboxylic acids is 1. The Bertz CT molecular complexity index is 545. The normalized spacial score (nSPS) is 11.1. The zero-order valence-corrected chi connectivity index (χ0v) is 12.1. The van der Waals surface area contributed by atoms with E-state index in [4.69, 9.17) is 10.5 Å². The Hall–Kier alpha value is -1.64. The minimum Gasteiger partial charge on any atom is -0.483 e. The molecule has 0 unspecified atom stereocenters. The van der Waals surface area contributed by atoms with Crippen LogP contribution in [-0.2, 0) is 21.4 Å². The van der Waals surface area contributed by atoms with Gasteiger partial charge in [-0.05, 0) is 13.1 Å². The second-order valence-corrected chi connectivity index (χ2v) is 6.02. The largest absolute Gasteiger partial charge is 0.483 e. The number of benzene rings is 1. The lowest BCUT2D eigenvalue weighted by Crippen LogP contribution is -2.35. The number of sulfonamides is 1. The summed E-state index contributed by atoms with van der Waals surface area (Å²) in [4.78, 5) is 11.5. The van der Waals surface area contributed by atoms with Crippen molar-refractivity contribution in [2.24, 2.45) is 5.73 Å². The highest BCUT2D eigenvalue weighted by Gasteiger charge is 2.09. The van der Waals surface area contributed by atoms with Crippen molar-refractivity contribution >= 4 is 15.9 Å². The van der Waals surface area contributed by atoms with Gasteiger partial charge in [-0.1, -0.05) is 18.2 Å². The quantitative estimate of drug-likeness (QED) is 0.581. The summed E-state index contributed by atoms with van der Waals surface area (Å²) in [5.74, 6) is -0.00892. The molecule has 112 valence electrons. The van der Waals surface area contributed by atoms with Gasteiger partial charge in [0.05, 0.1) is 5.75 Å². The molecule has 0 atom stereocenters. The first kappa shape index (κ1) is 16.4. The van der Waals surface area contributed by atoms with Gasteiger partial charge in [-0.3, -0.25) is 4.79 Å². The molecule has 1 rings (SSSR count). The van der Waals surface area contributed by atoms with Crippen LogP contribution in [0.4, 0.5) is 0 Å². The Balaban J connectivity index is 2.37. The van der Waals surface area contributed by atoms with Crippen LogP contribution in [0.3, 0.4) is 0 Å². The van der Waals surface area contributed by atoms with Crippen LogP contribution >= 0.6 is 0 Å². The second kappa shape index (κ2) is 7.83. The standard InChI is InChI=1S/C12H19N3O4S/c1-14-20(17,18)7-6-15-12(16)9-19-11-5-3-2-4-10(11)8-13/h2-5,14H,6-9,13H2,1H3,(H,15,16). The molecule has 0 fully saturated rings. The second-order valence-electron chi connectivity index (χ2n) is 3.97. The zero-order chi connectivity index (χ0) is 15.0. The van der Waals surface area contributed by atoms with Gasteiger partial charge in [-0.2, -0.15) is 0 Å². The van der Waals surface area contributed by atoms with Gasteiger partial charge in [0.15, 0.2) is 6.61 Å². The van der Waals surface area contributed by atoms with E-state index in [0.717, 1.165) is 5.56 Å². The third kappa shape index (κ3) is 5.55. The summed E-state index contributed by atoms with van der Waals surface area (Å²) < 4.78 is 29.8. The molecule has 1 amide bonds. The highest BCUT2D eigenvalue weighted by Crippen LogP contribution is 2.16. The van der Waals surface area contributed by atoms with Gasteiger partial charge in [0, 0.05) is 18.7 Å². The molecular formula is C12H19N3O4S. The topological polar surface area (TPSA) is 111 Å². The predicted octanol–water partition coefficient (Wildman–Crippen LogP) is -0.810. The van der Waals surface area contributed by atoms with Crippen LogP contribution in [0.25, 0.3) is 0 Å². The minimum atomic E-state index is -3.32. The van der Waals surface area contributed by atoms with Crippen molar-refractivity contribution in [3.8, 4) is 5.75 Å². The first-order valence-electron chi connectivity index (χ1n) is 6.07. The summed E-state index contributed by atoms with van der Waals surface area (Å²) in [5, 5.41) is 2.47. The van der Waals surface area contributed by atoms with E-state index in [1.807, 2.05) is 12.1 Å². The molecule has 0 aromatic heterocycles. The van der Waals surface area contributed by atoms with Gasteiger partial charge in [0.2, 0.25) is 10.0 Å². The SMILES string of the molecule is CNS(=O)(=O)CCNC(=O)COc1ccccc1CN. The van der Waals surface area contributed by atoms with Crippen molar-refractivity contribution in [1.29, 1.82) is 0 Å². The Kier molecular flexibility index (Phi) is 6.43. The Labute approximate surface area is 118 Å². The van der Waals surface area contributed by atoms with Crippen molar-refractivity contribution in [1.82, 2.24) is 10.0 Å². The molecule has 0 saturated heterocycles. The molecule has 4 N–H and O–H groups in total. The summed E-state index contributed by atoms with van der Waals surface area (Å²) >= 11 is 0. The van der Waals surface area contributed by atoms with E-state index in [1.54, 1.807) is 12.1 Å². The Morgan fingerprint density at radius 3 is 2.70 bits per heavy atom. The minimum absolute atomic E-state index is 0.0316. The van der Waals surface area contributed by atoms with E-state index in [0.29, 0.717) is 12.3 Å². The molecule has 0 aliphatic rings. The molecule has 0 aliphatic heterocycles. The van der Waals surface area contributed by atoms with Crippen LogP contribution in [0.1, 0.15) is 5.56 Å². The molecule has 0 aliphatic carbocycles. The van der Waals surface area contributed by atoms with Crippen LogP contribution in [-0.4, -0.2) is 40.3 Å². The molecule has 0 spiro atoms. The highest BCUT2D eigenvalue weighted by molar-refractivity contribution is 7.89. The molecule has 7 nitrogen and oxygen atoms in total. The van der Waals surface area contributed by atoms with Crippen LogP contribution < -0.4 is 20.5 Å². The van der Waals surface area contributed by atoms with Crippen molar-refractivity contribution in [3.63, 3.8) is 0 Å². The summed E-state index contributed by atoms with van der Waals surface area (Å²) in [7, 11) is -1.99. The fraction of sp³-hybridized carbons (Fsp3) is 0.417. The average Bonchev–Trinajstić information content (AvgIpc) is 2.45. The first-order valence-corrected chi connectivity index (χ1v) is 7.72. The molecule has 0 saturated carbocycles. The van der Waals surface area contributed by atoms with Crippen molar-refractivity contribution < 1.29 is 17.9 Å². The van der Waals surface area contributed by atoms with Gasteiger partial charge < -0.3 is 15.8 Å². The average molecular weight is 301 g/mol. The predicted molar refractivity (Wildman–Crippen MR) is 75.7 cm³/mol. The van der Waals surface area contributed by atoms with Gasteiger partial charge >= 0.3 is 0 Å². The Morgan fingerprint density at radius 1 is 1.35 bits per heavy atom. The molecule has 0 heterocycles. The first-order chi connectivity index (χ1) is 9.48. The van der Waals surface area contributed by atoms with E-state index < -0.39 is 10.0 Å². The molecule has 20 heavy (non-hydrogen) atoms. The fourth-order valence-electron chi connectivity index (χ4n) is 1.43. The highest BCUT2D eigenvalue weighted by atomic mass is 32.2. The van der Waals surface area contributed by atoms with Crippen LogP contribution in [0.15, 0.2) is 24.3 Å². The molecule has 1 aromatic carbocycles. The molecular weight excluding hydrogens is 282 g/mol. The van der Waals surface area contributed by atoms with Crippen LogP contribution in [0.2, 0.25) is 0 Å². The number of rotatable bonds is 8. The maximum atomic E-state index is 11.5. The third-order valence-electron chi connectivity index (χ3n) is 2.56. The van der Waals surface area contributed by atoms with E-state index in [2.05, 4.69) is 10.0 Å². The third-order valence-corrected chi connectivity index (χ3v) is 3.92. The molecule has 8 heteroatoms. The van der Waals surface area contributed by atoms with Crippen molar-refractivity contribution in [2.45, 2.75) is 6.54 Å². The Morgan fingerprint density at radius 2 is 2.05 bits per heavy atom. The number of hydrogen-bond donors (Lipinski definition) is 3. The van der Waals surface area contributed by atoms with E-state index in [-0.39, 0.29) is 24.8 Å². The lowest BCUT2D eigenvalue weighted by atomic mass is 10.2. The van der Waals surface area contributed by atoms with Crippen LogP contribution in [0, 0.1) is 0 Å². The number of carbonyl (C=O) groups is 1. The summed E-state index contributed by atoms with van der Waals surface area (Å²) in [6, 6.07) is 7.15. The lowest BCUT2D eigenvalue weighted by Gasteiger charge is -2.10. The summed E-state index contributed by atoms with van der Waals surface area (Å²) in [6.45, 7) is 0.165. The van der Waals surface area contributed by atoms with E-state index >= 15 is 0 Å². The lowest BCUT2D eigenvalue weighted by molar-refractivity contribution is -0.122. The maximum absolute atomic E-state index is 11.5. The molecule has 0 bridgehead atoms. The van der Waals surface area contributed by atoms with Gasteiger partial charge in [0.25, 0.3) is 5.91 Å². The van der Waals surface area contributed by atoms with E-state index in [1.165, 1.54) is 7.05 Å². The smallest absolute Gasteiger partial charge is 0.257 e. The van der Waals surface area contributed by atoms with Gasteiger partial charge in [0.1, 0.15) is 5.75 Å². The maximum Gasteiger partial charge on any atom is 0.257 e. The number of nitrogens with two attached hydrogens (primary N) is 1. The summed E-state index contributed by atoms with van der Waals surface area (Å²) in [5.41, 5.74) is 6.35. The van der Waals surface area contributed by atoms with Crippen LogP contribution in [0.5, 0.6) is 5.75 Å². The fourth-order valence-corrected chi connectivity index (χ4v) is 2.01. The molecule has 0 radical (unpaired) electrons. The van der Waals surface area contributed by atoms with Crippen molar-refractivity contribution in [3.05, 3.63) is 29.8 Å². The molecule has 1 aromatic rings.